The Hall–Kier alpha value is -4.63. The minimum absolute atomic E-state index is 0.0497. The van der Waals surface area contributed by atoms with E-state index >= 15 is 0 Å². The number of amides is 5. The van der Waals surface area contributed by atoms with Gasteiger partial charge in [0, 0.05) is 23.7 Å². The van der Waals surface area contributed by atoms with Gasteiger partial charge < -0.3 is 14.4 Å². The lowest BCUT2D eigenvalue weighted by atomic mass is 10.1. The van der Waals surface area contributed by atoms with Crippen molar-refractivity contribution in [2.24, 2.45) is 0 Å². The van der Waals surface area contributed by atoms with Crippen LogP contribution < -0.4 is 19.7 Å². The number of likely N-dealkylation sites (tertiary alicyclic amines) is 1. The summed E-state index contributed by atoms with van der Waals surface area (Å²) >= 11 is 6.02. The van der Waals surface area contributed by atoms with E-state index in [0.29, 0.717) is 27.6 Å². The summed E-state index contributed by atoms with van der Waals surface area (Å²) in [5.74, 6) is -0.683. The Balaban J connectivity index is 1.29. The van der Waals surface area contributed by atoms with Gasteiger partial charge in [0.1, 0.15) is 12.2 Å². The molecule has 9 nitrogen and oxygen atoms in total. The molecule has 41 heavy (non-hydrogen) atoms. The Morgan fingerprint density at radius 3 is 2.41 bits per heavy atom. The molecule has 5 amide bonds. The van der Waals surface area contributed by atoms with E-state index in [2.05, 4.69) is 5.32 Å². The number of anilines is 1. The number of hydrogen-bond donors (Lipinski definition) is 1. The standard InChI is InChI=1S/C31H28ClN3O6/c1-40-27-17-21(16-25-28(36)33-31(39)35(30(25)38)24-7-5-6-23(32)18-24)10-13-26(27)41-19-20-8-11-22(12-9-20)29(37)34-14-3-2-4-15-34/h5-13,16-18H,2-4,14-15,19H2,1H3,(H,33,36,39)/b25-16+. The quantitative estimate of drug-likeness (QED) is 0.307. The number of nitrogens with one attached hydrogen (secondary N) is 1. The van der Waals surface area contributed by atoms with Gasteiger partial charge in [0.25, 0.3) is 17.7 Å². The van der Waals surface area contributed by atoms with Gasteiger partial charge in [0.15, 0.2) is 11.5 Å². The number of ether oxygens (including phenoxy) is 2. The molecule has 2 saturated heterocycles. The SMILES string of the molecule is COc1cc(/C=C2\C(=O)NC(=O)N(c3cccc(Cl)c3)C2=O)ccc1OCc1ccc(C(=O)N2CCCCC2)cc1. The third kappa shape index (κ3) is 6.25. The predicted octanol–water partition coefficient (Wildman–Crippen LogP) is 5.22. The number of piperidine rings is 1. The van der Waals surface area contributed by atoms with Crippen LogP contribution in [0.3, 0.4) is 0 Å². The molecule has 0 spiro atoms. The fourth-order valence-corrected chi connectivity index (χ4v) is 4.94. The minimum Gasteiger partial charge on any atom is -0.493 e. The number of benzene rings is 3. The van der Waals surface area contributed by atoms with Gasteiger partial charge in [-0.2, -0.15) is 0 Å². The summed E-state index contributed by atoms with van der Waals surface area (Å²) in [7, 11) is 1.48. The Bertz CT molecular complexity index is 1530. The molecule has 2 aliphatic rings. The highest BCUT2D eigenvalue weighted by Gasteiger charge is 2.37. The summed E-state index contributed by atoms with van der Waals surface area (Å²) < 4.78 is 11.5. The zero-order valence-corrected chi connectivity index (χ0v) is 23.1. The normalized spacial score (nSPS) is 16.5. The van der Waals surface area contributed by atoms with Crippen LogP contribution in [0.4, 0.5) is 10.5 Å². The first-order chi connectivity index (χ1) is 19.8. The van der Waals surface area contributed by atoms with E-state index in [1.807, 2.05) is 29.2 Å². The molecule has 5 rings (SSSR count). The third-order valence-electron chi connectivity index (χ3n) is 6.91. The van der Waals surface area contributed by atoms with E-state index in [1.54, 1.807) is 36.4 Å². The van der Waals surface area contributed by atoms with Crippen LogP contribution in [0.1, 0.15) is 40.7 Å². The first-order valence-corrected chi connectivity index (χ1v) is 13.6. The van der Waals surface area contributed by atoms with Crippen molar-refractivity contribution in [3.8, 4) is 11.5 Å². The van der Waals surface area contributed by atoms with Crippen LogP contribution in [0.5, 0.6) is 11.5 Å². The van der Waals surface area contributed by atoms with Crippen LogP contribution in [-0.2, 0) is 16.2 Å². The summed E-state index contributed by atoms with van der Waals surface area (Å²) in [6.45, 7) is 1.84. The van der Waals surface area contributed by atoms with Gasteiger partial charge in [-0.1, -0.05) is 35.9 Å². The lowest BCUT2D eigenvalue weighted by Gasteiger charge is -2.26. The monoisotopic (exact) mass is 573 g/mol. The molecule has 2 heterocycles. The molecule has 210 valence electrons. The molecule has 0 atom stereocenters. The van der Waals surface area contributed by atoms with Gasteiger partial charge in [-0.05, 0) is 78.9 Å². The van der Waals surface area contributed by atoms with Gasteiger partial charge in [-0.3, -0.25) is 19.7 Å². The number of nitrogens with zero attached hydrogens (tertiary/aromatic N) is 2. The second-order valence-electron chi connectivity index (χ2n) is 9.69. The van der Waals surface area contributed by atoms with Gasteiger partial charge in [-0.25, -0.2) is 9.69 Å². The average Bonchev–Trinajstić information content (AvgIpc) is 2.98. The Morgan fingerprint density at radius 1 is 0.951 bits per heavy atom. The van der Waals surface area contributed by atoms with E-state index < -0.39 is 17.8 Å². The molecule has 0 aromatic heterocycles. The van der Waals surface area contributed by atoms with Crippen LogP contribution in [0.25, 0.3) is 6.08 Å². The number of methoxy groups -OCH3 is 1. The lowest BCUT2D eigenvalue weighted by molar-refractivity contribution is -0.122. The van der Waals surface area contributed by atoms with Crippen LogP contribution in [0.15, 0.2) is 72.3 Å². The largest absolute Gasteiger partial charge is 0.493 e. The Kier molecular flexibility index (Phi) is 8.35. The molecule has 0 bridgehead atoms. The van der Waals surface area contributed by atoms with Crippen molar-refractivity contribution in [3.05, 3.63) is 94.0 Å². The fraction of sp³-hybridized carbons (Fsp3) is 0.226. The fourth-order valence-electron chi connectivity index (χ4n) is 4.75. The summed E-state index contributed by atoms with van der Waals surface area (Å²) in [4.78, 5) is 53.6. The highest BCUT2D eigenvalue weighted by Crippen LogP contribution is 2.31. The van der Waals surface area contributed by atoms with Crippen molar-refractivity contribution in [2.45, 2.75) is 25.9 Å². The van der Waals surface area contributed by atoms with Crippen molar-refractivity contribution >= 4 is 47.1 Å². The number of carbonyl (C=O) groups is 4. The molecular weight excluding hydrogens is 546 g/mol. The summed E-state index contributed by atoms with van der Waals surface area (Å²) in [6, 6.07) is 17.7. The van der Waals surface area contributed by atoms with Crippen molar-refractivity contribution in [1.29, 1.82) is 0 Å². The molecule has 3 aromatic carbocycles. The second kappa shape index (κ2) is 12.3. The van der Waals surface area contributed by atoms with E-state index in [-0.39, 0.29) is 23.8 Å². The number of carbonyl (C=O) groups excluding carboxylic acids is 4. The zero-order chi connectivity index (χ0) is 28.9. The van der Waals surface area contributed by atoms with E-state index in [9.17, 15) is 19.2 Å². The smallest absolute Gasteiger partial charge is 0.335 e. The number of rotatable bonds is 7. The number of barbiturate groups is 1. The summed E-state index contributed by atoms with van der Waals surface area (Å²) in [5.41, 5.74) is 2.04. The summed E-state index contributed by atoms with van der Waals surface area (Å²) in [6.07, 6.45) is 4.63. The molecular formula is C31H28ClN3O6. The molecule has 10 heteroatoms. The van der Waals surface area contributed by atoms with Crippen molar-refractivity contribution in [1.82, 2.24) is 10.2 Å². The maximum atomic E-state index is 13.2. The first kappa shape index (κ1) is 27.9. The van der Waals surface area contributed by atoms with E-state index in [4.69, 9.17) is 21.1 Å². The predicted molar refractivity (Wildman–Crippen MR) is 154 cm³/mol. The van der Waals surface area contributed by atoms with Gasteiger partial charge in [0.2, 0.25) is 0 Å². The molecule has 2 fully saturated rings. The molecule has 0 saturated carbocycles. The van der Waals surface area contributed by atoms with Crippen LogP contribution in [-0.4, -0.2) is 48.9 Å². The number of hydrogen-bond acceptors (Lipinski definition) is 6. The molecule has 0 unspecified atom stereocenters. The Morgan fingerprint density at radius 2 is 1.71 bits per heavy atom. The topological polar surface area (TPSA) is 105 Å². The van der Waals surface area contributed by atoms with Crippen LogP contribution in [0.2, 0.25) is 5.02 Å². The molecule has 1 N–H and O–H groups in total. The highest BCUT2D eigenvalue weighted by molar-refractivity contribution is 6.39. The minimum atomic E-state index is -0.857. The maximum Gasteiger partial charge on any atom is 0.335 e. The highest BCUT2D eigenvalue weighted by atomic mass is 35.5. The molecule has 2 aliphatic heterocycles. The number of imide groups is 2. The van der Waals surface area contributed by atoms with Gasteiger partial charge in [0.05, 0.1) is 12.8 Å². The van der Waals surface area contributed by atoms with Crippen LogP contribution >= 0.6 is 11.6 Å². The number of urea groups is 1. The maximum absolute atomic E-state index is 13.2. The van der Waals surface area contributed by atoms with Gasteiger partial charge in [-0.15, -0.1) is 0 Å². The molecule has 0 aliphatic carbocycles. The van der Waals surface area contributed by atoms with Crippen molar-refractivity contribution in [2.75, 3.05) is 25.1 Å². The Labute approximate surface area is 242 Å². The molecule has 3 aromatic rings. The molecule has 0 radical (unpaired) electrons. The number of halogens is 1. The zero-order valence-electron chi connectivity index (χ0n) is 22.4. The first-order valence-electron chi connectivity index (χ1n) is 13.2. The van der Waals surface area contributed by atoms with Crippen molar-refractivity contribution < 1.29 is 28.7 Å². The average molecular weight is 574 g/mol. The van der Waals surface area contributed by atoms with Crippen molar-refractivity contribution in [3.63, 3.8) is 0 Å². The van der Waals surface area contributed by atoms with E-state index in [0.717, 1.165) is 36.4 Å². The summed E-state index contributed by atoms with van der Waals surface area (Å²) in [5, 5.41) is 2.53. The van der Waals surface area contributed by atoms with Gasteiger partial charge >= 0.3 is 6.03 Å². The second-order valence-corrected chi connectivity index (χ2v) is 10.1. The third-order valence-corrected chi connectivity index (χ3v) is 7.14. The van der Waals surface area contributed by atoms with E-state index in [1.165, 1.54) is 25.7 Å². The lowest BCUT2D eigenvalue weighted by Crippen LogP contribution is -2.54. The van der Waals surface area contributed by atoms with Crippen LogP contribution in [0, 0.1) is 0 Å².